The van der Waals surface area contributed by atoms with E-state index >= 15 is 0 Å². The molecule has 0 radical (unpaired) electrons. The van der Waals surface area contributed by atoms with Crippen molar-refractivity contribution in [3.8, 4) is 11.4 Å². The number of hydrogen-bond donors (Lipinski definition) is 3. The van der Waals surface area contributed by atoms with Crippen LogP contribution in [0.1, 0.15) is 21.6 Å². The van der Waals surface area contributed by atoms with Crippen LogP contribution in [0.2, 0.25) is 0 Å². The number of nitrogens with zero attached hydrogens (tertiary/aromatic N) is 4. The summed E-state index contributed by atoms with van der Waals surface area (Å²) in [6.45, 7) is 1.02. The summed E-state index contributed by atoms with van der Waals surface area (Å²) in [5.74, 6) is 0.825. The Hall–Kier alpha value is -3.75. The van der Waals surface area contributed by atoms with E-state index in [1.807, 2.05) is 4.90 Å². The van der Waals surface area contributed by atoms with Crippen molar-refractivity contribution in [2.75, 3.05) is 17.2 Å². The van der Waals surface area contributed by atoms with Crippen LogP contribution >= 0.6 is 0 Å². The molecule has 3 aromatic rings. The molecule has 9 nitrogen and oxygen atoms in total. The summed E-state index contributed by atoms with van der Waals surface area (Å²) in [7, 11) is 0. The van der Waals surface area contributed by atoms with Gasteiger partial charge in [-0.15, -0.1) is 0 Å². The second-order valence-corrected chi connectivity index (χ2v) is 6.23. The zero-order valence-electron chi connectivity index (χ0n) is 14.3. The van der Waals surface area contributed by atoms with Gasteiger partial charge in [-0.3, -0.25) is 9.59 Å². The molecule has 0 aliphatic carbocycles. The standard InChI is InChI=1S/C18H17N7O2/c19-14-5-7-21-18(23-14)25-8-6-12-13(9-25)22-16(24-17(12)27)11-3-1-10(2-4-11)15(20)26/h1-5,7H,6,8-9H2,(H2,20,26)(H2,19,21,23)(H,22,24,27). The van der Waals surface area contributed by atoms with Gasteiger partial charge < -0.3 is 21.4 Å². The molecule has 0 spiro atoms. The van der Waals surface area contributed by atoms with Crippen molar-refractivity contribution < 1.29 is 4.79 Å². The molecule has 5 N–H and O–H groups in total. The molecule has 9 heteroatoms. The third-order valence-corrected chi connectivity index (χ3v) is 4.46. The maximum atomic E-state index is 12.5. The molecular formula is C18H17N7O2. The molecule has 1 aromatic carbocycles. The lowest BCUT2D eigenvalue weighted by Crippen LogP contribution is -2.36. The number of fused-ring (bicyclic) bond motifs is 1. The Morgan fingerprint density at radius 2 is 1.93 bits per heavy atom. The molecular weight excluding hydrogens is 346 g/mol. The number of aromatic nitrogens is 4. The lowest BCUT2D eigenvalue weighted by Gasteiger charge is -2.27. The van der Waals surface area contributed by atoms with Crippen molar-refractivity contribution in [3.63, 3.8) is 0 Å². The zero-order valence-corrected chi connectivity index (χ0v) is 14.3. The molecule has 0 atom stereocenters. The van der Waals surface area contributed by atoms with Crippen LogP contribution < -0.4 is 21.9 Å². The molecule has 0 unspecified atom stereocenters. The number of anilines is 2. The number of primary amides is 1. The van der Waals surface area contributed by atoms with Crippen molar-refractivity contribution in [1.82, 2.24) is 19.9 Å². The zero-order chi connectivity index (χ0) is 19.0. The fourth-order valence-corrected chi connectivity index (χ4v) is 3.05. The summed E-state index contributed by atoms with van der Waals surface area (Å²) in [5.41, 5.74) is 13.2. The first-order chi connectivity index (χ1) is 13.0. The van der Waals surface area contributed by atoms with Gasteiger partial charge in [0.05, 0.1) is 12.2 Å². The third kappa shape index (κ3) is 3.22. The first-order valence-corrected chi connectivity index (χ1v) is 8.37. The van der Waals surface area contributed by atoms with Crippen molar-refractivity contribution in [2.45, 2.75) is 13.0 Å². The number of hydrogen-bond acceptors (Lipinski definition) is 7. The highest BCUT2D eigenvalue weighted by Gasteiger charge is 2.23. The highest BCUT2D eigenvalue weighted by molar-refractivity contribution is 5.93. The summed E-state index contributed by atoms with van der Waals surface area (Å²) >= 11 is 0. The van der Waals surface area contributed by atoms with Gasteiger partial charge in [-0.1, -0.05) is 12.1 Å². The number of nitrogens with one attached hydrogen (secondary N) is 1. The Morgan fingerprint density at radius 3 is 2.63 bits per heavy atom. The van der Waals surface area contributed by atoms with Gasteiger partial charge in [0.2, 0.25) is 11.9 Å². The van der Waals surface area contributed by atoms with Crippen LogP contribution in [0, 0.1) is 0 Å². The summed E-state index contributed by atoms with van der Waals surface area (Å²) in [4.78, 5) is 41.5. The van der Waals surface area contributed by atoms with E-state index in [0.717, 1.165) is 0 Å². The molecule has 1 aliphatic heterocycles. The van der Waals surface area contributed by atoms with Crippen molar-refractivity contribution in [3.05, 3.63) is 63.7 Å². The van der Waals surface area contributed by atoms with Gasteiger partial charge in [0.15, 0.2) is 0 Å². The molecule has 1 aliphatic rings. The van der Waals surface area contributed by atoms with E-state index in [2.05, 4.69) is 19.9 Å². The molecule has 2 aromatic heterocycles. The average molecular weight is 363 g/mol. The Bertz CT molecular complexity index is 1080. The molecule has 0 fully saturated rings. The van der Waals surface area contributed by atoms with Gasteiger partial charge in [-0.05, 0) is 24.6 Å². The molecule has 0 saturated heterocycles. The fraction of sp³-hybridized carbons (Fsp3) is 0.167. The lowest BCUT2D eigenvalue weighted by molar-refractivity contribution is 0.100. The SMILES string of the molecule is NC(=O)c1ccc(-c2nc3c(c(=O)[nH]2)CCN(c2nccc(N)n2)C3)cc1. The predicted octanol–water partition coefficient (Wildman–Crippen LogP) is 0.471. The minimum Gasteiger partial charge on any atom is -0.384 e. The Labute approximate surface area is 154 Å². The molecule has 1 amide bonds. The summed E-state index contributed by atoms with van der Waals surface area (Å²) in [6.07, 6.45) is 2.14. The van der Waals surface area contributed by atoms with Crippen LogP contribution in [0.4, 0.5) is 11.8 Å². The van der Waals surface area contributed by atoms with E-state index < -0.39 is 5.91 Å². The minimum atomic E-state index is -0.508. The smallest absolute Gasteiger partial charge is 0.254 e. The lowest BCUT2D eigenvalue weighted by atomic mass is 10.1. The topological polar surface area (TPSA) is 144 Å². The number of H-pyrrole nitrogens is 1. The second-order valence-electron chi connectivity index (χ2n) is 6.23. The Kier molecular flexibility index (Phi) is 4.03. The number of benzene rings is 1. The van der Waals surface area contributed by atoms with Crippen molar-refractivity contribution >= 4 is 17.7 Å². The Balaban J connectivity index is 1.69. The van der Waals surface area contributed by atoms with Crippen LogP contribution in [0.5, 0.6) is 0 Å². The highest BCUT2D eigenvalue weighted by Crippen LogP contribution is 2.21. The normalized spacial score (nSPS) is 13.3. The van der Waals surface area contributed by atoms with Gasteiger partial charge in [0.1, 0.15) is 11.6 Å². The van der Waals surface area contributed by atoms with Gasteiger partial charge in [0.25, 0.3) is 5.56 Å². The third-order valence-electron chi connectivity index (χ3n) is 4.46. The van der Waals surface area contributed by atoms with Crippen LogP contribution in [0.15, 0.2) is 41.3 Å². The average Bonchev–Trinajstić information content (AvgIpc) is 2.67. The number of carbonyl (C=O) groups is 1. The van der Waals surface area contributed by atoms with Gasteiger partial charge in [0, 0.05) is 29.4 Å². The molecule has 136 valence electrons. The summed E-state index contributed by atoms with van der Waals surface area (Å²) in [5, 5.41) is 0. The van der Waals surface area contributed by atoms with Crippen molar-refractivity contribution in [1.29, 1.82) is 0 Å². The molecule has 0 saturated carbocycles. The number of nitrogen functional groups attached to an aromatic ring is 1. The van der Waals surface area contributed by atoms with E-state index in [4.69, 9.17) is 11.5 Å². The number of amides is 1. The number of aromatic amines is 1. The predicted molar refractivity (Wildman–Crippen MR) is 100 cm³/mol. The largest absolute Gasteiger partial charge is 0.384 e. The van der Waals surface area contributed by atoms with Crippen LogP contribution in [-0.2, 0) is 13.0 Å². The Morgan fingerprint density at radius 1 is 1.15 bits per heavy atom. The van der Waals surface area contributed by atoms with Crippen molar-refractivity contribution in [2.24, 2.45) is 5.73 Å². The molecule has 0 bridgehead atoms. The number of rotatable bonds is 3. The summed E-state index contributed by atoms with van der Waals surface area (Å²) < 4.78 is 0. The van der Waals surface area contributed by atoms with E-state index in [0.29, 0.717) is 59.5 Å². The highest BCUT2D eigenvalue weighted by atomic mass is 16.1. The number of carbonyl (C=O) groups excluding carboxylic acids is 1. The monoisotopic (exact) mass is 363 g/mol. The van der Waals surface area contributed by atoms with Crippen LogP contribution in [0.25, 0.3) is 11.4 Å². The summed E-state index contributed by atoms with van der Waals surface area (Å²) in [6, 6.07) is 8.23. The van der Waals surface area contributed by atoms with Crippen LogP contribution in [-0.4, -0.2) is 32.4 Å². The second kappa shape index (κ2) is 6.52. The maximum absolute atomic E-state index is 12.5. The first kappa shape index (κ1) is 16.7. The fourth-order valence-electron chi connectivity index (χ4n) is 3.05. The van der Waals surface area contributed by atoms with Crippen LogP contribution in [0.3, 0.4) is 0 Å². The quantitative estimate of drug-likeness (QED) is 0.613. The molecule has 27 heavy (non-hydrogen) atoms. The maximum Gasteiger partial charge on any atom is 0.254 e. The van der Waals surface area contributed by atoms with E-state index in [9.17, 15) is 9.59 Å². The minimum absolute atomic E-state index is 0.165. The van der Waals surface area contributed by atoms with E-state index in [-0.39, 0.29) is 5.56 Å². The van der Waals surface area contributed by atoms with E-state index in [1.165, 1.54) is 0 Å². The molecule has 4 rings (SSSR count). The molecule has 3 heterocycles. The van der Waals surface area contributed by atoms with Gasteiger partial charge in [-0.2, -0.15) is 4.98 Å². The van der Waals surface area contributed by atoms with E-state index in [1.54, 1.807) is 36.5 Å². The first-order valence-electron chi connectivity index (χ1n) is 8.37. The van der Waals surface area contributed by atoms with Gasteiger partial charge >= 0.3 is 0 Å². The van der Waals surface area contributed by atoms with Gasteiger partial charge in [-0.25, -0.2) is 9.97 Å². The number of nitrogens with two attached hydrogens (primary N) is 2.